The van der Waals surface area contributed by atoms with Crippen LogP contribution in [0, 0.1) is 0 Å². The van der Waals surface area contributed by atoms with E-state index >= 15 is 0 Å². The molecule has 1 fully saturated rings. The number of hydrogen-bond donors (Lipinski definition) is 1. The molecule has 17 heavy (non-hydrogen) atoms. The summed E-state index contributed by atoms with van der Waals surface area (Å²) >= 11 is 8.55. The Morgan fingerprint density at radius 1 is 1.59 bits per heavy atom. The molecule has 0 saturated carbocycles. The number of halogens is 1. The van der Waals surface area contributed by atoms with E-state index in [0.29, 0.717) is 11.0 Å². The summed E-state index contributed by atoms with van der Waals surface area (Å²) in [5, 5.41) is 0. The summed E-state index contributed by atoms with van der Waals surface area (Å²) < 4.78 is 0.990. The maximum atomic E-state index is 5.66. The van der Waals surface area contributed by atoms with Crippen molar-refractivity contribution in [2.75, 3.05) is 11.4 Å². The third kappa shape index (κ3) is 2.63. The molecule has 1 aromatic carbocycles. The van der Waals surface area contributed by atoms with Gasteiger partial charge in [0.15, 0.2) is 0 Å². The number of nitrogens with two attached hydrogens (primary N) is 1. The number of hydrogen-bond acceptors (Lipinski definition) is 2. The van der Waals surface area contributed by atoms with Crippen LogP contribution < -0.4 is 10.6 Å². The number of rotatable bonds is 3. The van der Waals surface area contributed by atoms with Crippen LogP contribution in [0.3, 0.4) is 0 Å². The first-order valence-corrected chi connectivity index (χ1v) is 7.19. The number of thiocarbonyl (C=S) groups is 1. The molecule has 0 aromatic heterocycles. The monoisotopic (exact) mass is 312 g/mol. The second-order valence-corrected chi connectivity index (χ2v) is 5.72. The number of benzene rings is 1. The van der Waals surface area contributed by atoms with Crippen molar-refractivity contribution in [2.45, 2.75) is 32.2 Å². The minimum atomic E-state index is 0.442. The molecule has 1 aliphatic heterocycles. The van der Waals surface area contributed by atoms with Crippen molar-refractivity contribution in [1.29, 1.82) is 0 Å². The third-order valence-corrected chi connectivity index (χ3v) is 4.27. The summed E-state index contributed by atoms with van der Waals surface area (Å²) in [6, 6.07) is 6.93. The molecule has 1 atom stereocenters. The molecular weight excluding hydrogens is 296 g/mol. The Morgan fingerprint density at radius 2 is 2.35 bits per heavy atom. The van der Waals surface area contributed by atoms with Gasteiger partial charge in [0.05, 0.1) is 0 Å². The summed E-state index contributed by atoms with van der Waals surface area (Å²) in [6.45, 7) is 3.40. The highest BCUT2D eigenvalue weighted by Gasteiger charge is 2.23. The molecule has 0 bridgehead atoms. The highest BCUT2D eigenvalue weighted by molar-refractivity contribution is 9.10. The molecule has 0 amide bonds. The molecule has 1 aliphatic rings. The van der Waals surface area contributed by atoms with E-state index in [1.165, 1.54) is 24.9 Å². The second-order valence-electron chi connectivity index (χ2n) is 4.43. The predicted molar refractivity (Wildman–Crippen MR) is 80.7 cm³/mol. The lowest BCUT2D eigenvalue weighted by Gasteiger charge is -2.26. The largest absolute Gasteiger partial charge is 0.389 e. The zero-order valence-corrected chi connectivity index (χ0v) is 12.4. The van der Waals surface area contributed by atoms with Crippen molar-refractivity contribution in [3.8, 4) is 0 Å². The van der Waals surface area contributed by atoms with Crippen LogP contribution in [0.5, 0.6) is 0 Å². The SMILES string of the molecule is CCC1CCCN1c1ccc(C(N)=S)c(Br)c1. The fourth-order valence-corrected chi connectivity index (χ4v) is 3.37. The Hall–Kier alpha value is -0.610. The lowest BCUT2D eigenvalue weighted by Crippen LogP contribution is -2.28. The van der Waals surface area contributed by atoms with Gasteiger partial charge in [-0.15, -0.1) is 0 Å². The van der Waals surface area contributed by atoms with Gasteiger partial charge < -0.3 is 10.6 Å². The van der Waals surface area contributed by atoms with Gasteiger partial charge in [0.1, 0.15) is 4.99 Å². The summed E-state index contributed by atoms with van der Waals surface area (Å²) in [5.41, 5.74) is 7.84. The zero-order chi connectivity index (χ0) is 12.4. The van der Waals surface area contributed by atoms with E-state index in [-0.39, 0.29) is 0 Å². The van der Waals surface area contributed by atoms with E-state index in [2.05, 4.69) is 39.9 Å². The Bertz CT molecular complexity index is 433. The van der Waals surface area contributed by atoms with E-state index in [1.807, 2.05) is 6.07 Å². The average Bonchev–Trinajstić information content (AvgIpc) is 2.76. The van der Waals surface area contributed by atoms with Gasteiger partial charge in [-0.05, 0) is 53.4 Å². The standard InChI is InChI=1S/C13H17BrN2S/c1-2-9-4-3-7-16(9)10-5-6-11(13(15)17)12(14)8-10/h5-6,8-9H,2-4,7H2,1H3,(H2,15,17). The predicted octanol–water partition coefficient (Wildman–Crippen LogP) is 3.46. The average molecular weight is 313 g/mol. The van der Waals surface area contributed by atoms with Gasteiger partial charge in [-0.25, -0.2) is 0 Å². The van der Waals surface area contributed by atoms with Gasteiger partial charge in [-0.3, -0.25) is 0 Å². The number of anilines is 1. The molecule has 2 nitrogen and oxygen atoms in total. The Labute approximate surface area is 116 Å². The first-order chi connectivity index (χ1) is 8.13. The molecular formula is C13H17BrN2S. The van der Waals surface area contributed by atoms with E-state index in [4.69, 9.17) is 18.0 Å². The molecule has 1 heterocycles. The molecule has 2 N–H and O–H groups in total. The van der Waals surface area contributed by atoms with Crippen LogP contribution in [-0.2, 0) is 0 Å². The summed E-state index contributed by atoms with van der Waals surface area (Å²) in [7, 11) is 0. The fourth-order valence-electron chi connectivity index (χ4n) is 2.48. The highest BCUT2D eigenvalue weighted by Crippen LogP contribution is 2.30. The Balaban J connectivity index is 2.28. The Kier molecular flexibility index (Phi) is 4.05. The first-order valence-electron chi connectivity index (χ1n) is 5.99. The molecule has 0 radical (unpaired) electrons. The zero-order valence-electron chi connectivity index (χ0n) is 9.95. The molecule has 1 saturated heterocycles. The molecule has 0 aliphatic carbocycles. The van der Waals surface area contributed by atoms with E-state index in [9.17, 15) is 0 Å². The smallest absolute Gasteiger partial charge is 0.105 e. The van der Waals surface area contributed by atoms with Crippen LogP contribution in [0.15, 0.2) is 22.7 Å². The van der Waals surface area contributed by atoms with Crippen LogP contribution in [0.2, 0.25) is 0 Å². The van der Waals surface area contributed by atoms with Gasteiger partial charge in [0, 0.05) is 28.3 Å². The van der Waals surface area contributed by atoms with Crippen molar-refractivity contribution in [1.82, 2.24) is 0 Å². The Morgan fingerprint density at radius 3 is 2.94 bits per heavy atom. The third-order valence-electron chi connectivity index (χ3n) is 3.40. The fraction of sp³-hybridized carbons (Fsp3) is 0.462. The summed E-state index contributed by atoms with van der Waals surface area (Å²) in [5.74, 6) is 0. The maximum absolute atomic E-state index is 5.66. The van der Waals surface area contributed by atoms with Crippen LogP contribution in [-0.4, -0.2) is 17.6 Å². The quantitative estimate of drug-likeness (QED) is 0.867. The van der Waals surface area contributed by atoms with Crippen molar-refractivity contribution in [2.24, 2.45) is 5.73 Å². The first kappa shape index (κ1) is 12.8. The topological polar surface area (TPSA) is 29.3 Å². The van der Waals surface area contributed by atoms with Gasteiger partial charge in [-0.1, -0.05) is 19.1 Å². The molecule has 0 spiro atoms. The van der Waals surface area contributed by atoms with Crippen LogP contribution >= 0.6 is 28.1 Å². The van der Waals surface area contributed by atoms with E-state index in [0.717, 1.165) is 16.6 Å². The second kappa shape index (κ2) is 5.36. The molecule has 4 heteroatoms. The molecule has 92 valence electrons. The van der Waals surface area contributed by atoms with Crippen LogP contribution in [0.25, 0.3) is 0 Å². The minimum absolute atomic E-state index is 0.442. The van der Waals surface area contributed by atoms with E-state index in [1.54, 1.807) is 0 Å². The summed E-state index contributed by atoms with van der Waals surface area (Å²) in [6.07, 6.45) is 3.78. The lowest BCUT2D eigenvalue weighted by molar-refractivity contribution is 0.645. The van der Waals surface area contributed by atoms with Crippen molar-refractivity contribution >= 4 is 38.8 Å². The van der Waals surface area contributed by atoms with Crippen molar-refractivity contribution < 1.29 is 0 Å². The van der Waals surface area contributed by atoms with Gasteiger partial charge in [0.2, 0.25) is 0 Å². The van der Waals surface area contributed by atoms with Gasteiger partial charge in [-0.2, -0.15) is 0 Å². The highest BCUT2D eigenvalue weighted by atomic mass is 79.9. The van der Waals surface area contributed by atoms with Crippen molar-refractivity contribution in [3.05, 3.63) is 28.2 Å². The van der Waals surface area contributed by atoms with Crippen LogP contribution in [0.1, 0.15) is 31.7 Å². The maximum Gasteiger partial charge on any atom is 0.105 e. The normalized spacial score (nSPS) is 19.6. The van der Waals surface area contributed by atoms with Crippen molar-refractivity contribution in [3.63, 3.8) is 0 Å². The summed E-state index contributed by atoms with van der Waals surface area (Å²) in [4.78, 5) is 2.92. The number of nitrogens with zero attached hydrogens (tertiary/aromatic N) is 1. The van der Waals surface area contributed by atoms with Gasteiger partial charge >= 0.3 is 0 Å². The van der Waals surface area contributed by atoms with Gasteiger partial charge in [0.25, 0.3) is 0 Å². The lowest BCUT2D eigenvalue weighted by atomic mass is 10.1. The minimum Gasteiger partial charge on any atom is -0.389 e. The molecule has 1 aromatic rings. The van der Waals surface area contributed by atoms with E-state index < -0.39 is 0 Å². The molecule has 1 unspecified atom stereocenters. The molecule has 2 rings (SSSR count). The van der Waals surface area contributed by atoms with Crippen LogP contribution in [0.4, 0.5) is 5.69 Å².